The van der Waals surface area contributed by atoms with Gasteiger partial charge in [-0.1, -0.05) is 0 Å². The zero-order chi connectivity index (χ0) is 12.3. The standard InChI is InChI=1S/C11H9N5O/c1-7-4-8(2-3-13-7)11(17)15-10-9(5-12)6-14-16-10/h2-4,6H,1H3,(H2,14,15,16,17). The van der Waals surface area contributed by atoms with E-state index in [2.05, 4.69) is 20.5 Å². The van der Waals surface area contributed by atoms with Crippen LogP contribution >= 0.6 is 0 Å². The number of hydrogen-bond donors (Lipinski definition) is 2. The van der Waals surface area contributed by atoms with Crippen LogP contribution in [0.5, 0.6) is 0 Å². The molecule has 1 amide bonds. The Balaban J connectivity index is 2.21. The lowest BCUT2D eigenvalue weighted by atomic mass is 10.2. The lowest BCUT2D eigenvalue weighted by molar-refractivity contribution is 0.102. The molecule has 0 saturated carbocycles. The van der Waals surface area contributed by atoms with Gasteiger partial charge in [0.15, 0.2) is 0 Å². The average Bonchev–Trinajstić information content (AvgIpc) is 2.76. The minimum atomic E-state index is -0.309. The van der Waals surface area contributed by atoms with E-state index in [0.29, 0.717) is 16.9 Å². The SMILES string of the molecule is Cc1cc(C(=O)Nc2[nH]ncc2C#N)ccn1. The number of nitrogens with one attached hydrogen (secondary N) is 2. The summed E-state index contributed by atoms with van der Waals surface area (Å²) in [6.45, 7) is 1.80. The predicted molar refractivity (Wildman–Crippen MR) is 60.2 cm³/mol. The topological polar surface area (TPSA) is 94.5 Å². The largest absolute Gasteiger partial charge is 0.306 e. The quantitative estimate of drug-likeness (QED) is 0.806. The first-order valence-electron chi connectivity index (χ1n) is 4.88. The summed E-state index contributed by atoms with van der Waals surface area (Å²) in [5, 5.41) is 17.6. The van der Waals surface area contributed by atoms with Crippen LogP contribution in [0.1, 0.15) is 21.6 Å². The number of carbonyl (C=O) groups excluding carboxylic acids is 1. The van der Waals surface area contributed by atoms with Crippen LogP contribution in [-0.4, -0.2) is 21.1 Å². The number of rotatable bonds is 2. The van der Waals surface area contributed by atoms with Gasteiger partial charge in [0.25, 0.3) is 5.91 Å². The first kappa shape index (κ1) is 10.8. The molecule has 0 bridgehead atoms. The summed E-state index contributed by atoms with van der Waals surface area (Å²) in [6, 6.07) is 5.19. The number of aromatic amines is 1. The Morgan fingerprint density at radius 3 is 3.12 bits per heavy atom. The van der Waals surface area contributed by atoms with E-state index in [0.717, 1.165) is 5.69 Å². The number of nitriles is 1. The summed E-state index contributed by atoms with van der Waals surface area (Å²) >= 11 is 0. The average molecular weight is 227 g/mol. The maximum atomic E-state index is 11.8. The molecular weight excluding hydrogens is 218 g/mol. The van der Waals surface area contributed by atoms with Gasteiger partial charge in [0.1, 0.15) is 17.5 Å². The Hall–Kier alpha value is -2.68. The summed E-state index contributed by atoms with van der Waals surface area (Å²) in [5.41, 5.74) is 1.53. The molecule has 2 aromatic rings. The highest BCUT2D eigenvalue weighted by atomic mass is 16.1. The lowest BCUT2D eigenvalue weighted by Gasteiger charge is -2.03. The van der Waals surface area contributed by atoms with E-state index in [4.69, 9.17) is 5.26 Å². The molecule has 0 aromatic carbocycles. The molecule has 0 saturated heterocycles. The van der Waals surface area contributed by atoms with Gasteiger partial charge in [0, 0.05) is 17.5 Å². The fraction of sp³-hybridized carbons (Fsp3) is 0.0909. The van der Waals surface area contributed by atoms with Crippen molar-refractivity contribution < 1.29 is 4.79 Å². The van der Waals surface area contributed by atoms with E-state index in [-0.39, 0.29) is 5.91 Å². The summed E-state index contributed by atoms with van der Waals surface area (Å²) in [5.74, 6) is -0.0109. The zero-order valence-corrected chi connectivity index (χ0v) is 9.06. The molecule has 2 rings (SSSR count). The van der Waals surface area contributed by atoms with Crippen LogP contribution in [0.4, 0.5) is 5.82 Å². The Morgan fingerprint density at radius 2 is 2.41 bits per heavy atom. The molecule has 0 aliphatic rings. The molecule has 0 fully saturated rings. The van der Waals surface area contributed by atoms with Crippen molar-refractivity contribution in [2.24, 2.45) is 0 Å². The number of nitrogens with zero attached hydrogens (tertiary/aromatic N) is 3. The molecule has 0 radical (unpaired) electrons. The normalized spacial score (nSPS) is 9.65. The summed E-state index contributed by atoms with van der Waals surface area (Å²) in [4.78, 5) is 15.8. The summed E-state index contributed by atoms with van der Waals surface area (Å²) in [6.07, 6.45) is 2.91. The molecule has 0 aliphatic heterocycles. The molecule has 17 heavy (non-hydrogen) atoms. The Bertz CT molecular complexity index is 596. The smallest absolute Gasteiger partial charge is 0.256 e. The molecular formula is C11H9N5O. The second-order valence-corrected chi connectivity index (χ2v) is 3.41. The van der Waals surface area contributed by atoms with E-state index >= 15 is 0 Å². The van der Waals surface area contributed by atoms with Gasteiger partial charge >= 0.3 is 0 Å². The van der Waals surface area contributed by atoms with E-state index in [1.807, 2.05) is 6.07 Å². The molecule has 6 heteroatoms. The highest BCUT2D eigenvalue weighted by Gasteiger charge is 2.10. The van der Waals surface area contributed by atoms with Crippen LogP contribution in [-0.2, 0) is 0 Å². The third-order valence-electron chi connectivity index (χ3n) is 2.16. The molecule has 0 aliphatic carbocycles. The van der Waals surface area contributed by atoms with Crippen molar-refractivity contribution in [2.75, 3.05) is 5.32 Å². The molecule has 0 atom stereocenters. The zero-order valence-electron chi connectivity index (χ0n) is 9.06. The van der Waals surface area contributed by atoms with Crippen molar-refractivity contribution in [3.05, 3.63) is 41.3 Å². The van der Waals surface area contributed by atoms with Crippen LogP contribution in [0.3, 0.4) is 0 Å². The minimum absolute atomic E-state index is 0.295. The highest BCUT2D eigenvalue weighted by Crippen LogP contribution is 2.11. The van der Waals surface area contributed by atoms with Crippen molar-refractivity contribution >= 4 is 11.7 Å². The van der Waals surface area contributed by atoms with Gasteiger partial charge < -0.3 is 5.32 Å². The summed E-state index contributed by atoms with van der Waals surface area (Å²) in [7, 11) is 0. The van der Waals surface area contributed by atoms with E-state index in [1.54, 1.807) is 25.3 Å². The van der Waals surface area contributed by atoms with Gasteiger partial charge in [0.05, 0.1) is 6.20 Å². The van der Waals surface area contributed by atoms with Crippen LogP contribution in [0.2, 0.25) is 0 Å². The van der Waals surface area contributed by atoms with Gasteiger partial charge in [-0.25, -0.2) is 0 Å². The first-order chi connectivity index (χ1) is 8.20. The van der Waals surface area contributed by atoms with Crippen molar-refractivity contribution in [1.82, 2.24) is 15.2 Å². The number of carbonyl (C=O) groups is 1. The number of aryl methyl sites for hydroxylation is 1. The van der Waals surface area contributed by atoms with Crippen molar-refractivity contribution in [3.63, 3.8) is 0 Å². The van der Waals surface area contributed by atoms with Gasteiger partial charge in [-0.3, -0.25) is 14.9 Å². The lowest BCUT2D eigenvalue weighted by Crippen LogP contribution is -2.13. The Morgan fingerprint density at radius 1 is 1.59 bits per heavy atom. The van der Waals surface area contributed by atoms with Crippen molar-refractivity contribution in [2.45, 2.75) is 6.92 Å². The number of hydrogen-bond acceptors (Lipinski definition) is 4. The maximum absolute atomic E-state index is 11.8. The second kappa shape index (κ2) is 4.45. The molecule has 2 N–H and O–H groups in total. The number of aromatic nitrogens is 3. The van der Waals surface area contributed by atoms with Crippen LogP contribution in [0.15, 0.2) is 24.5 Å². The monoisotopic (exact) mass is 227 g/mol. The molecule has 6 nitrogen and oxygen atoms in total. The molecule has 0 unspecified atom stereocenters. The molecule has 2 heterocycles. The maximum Gasteiger partial charge on any atom is 0.256 e. The predicted octanol–water partition coefficient (Wildman–Crippen LogP) is 1.24. The fourth-order valence-corrected chi connectivity index (χ4v) is 1.34. The molecule has 0 spiro atoms. The summed E-state index contributed by atoms with van der Waals surface area (Å²) < 4.78 is 0. The fourth-order valence-electron chi connectivity index (χ4n) is 1.34. The number of H-pyrrole nitrogens is 1. The molecule has 84 valence electrons. The third-order valence-corrected chi connectivity index (χ3v) is 2.16. The highest BCUT2D eigenvalue weighted by molar-refractivity contribution is 6.04. The first-order valence-corrected chi connectivity index (χ1v) is 4.88. The third kappa shape index (κ3) is 2.29. The number of amides is 1. The van der Waals surface area contributed by atoms with Crippen LogP contribution in [0.25, 0.3) is 0 Å². The van der Waals surface area contributed by atoms with Crippen LogP contribution < -0.4 is 5.32 Å². The van der Waals surface area contributed by atoms with Gasteiger partial charge in [-0.05, 0) is 19.1 Å². The molecule has 2 aromatic heterocycles. The van der Waals surface area contributed by atoms with Gasteiger partial charge in [-0.2, -0.15) is 10.4 Å². The minimum Gasteiger partial charge on any atom is -0.306 e. The van der Waals surface area contributed by atoms with E-state index in [1.165, 1.54) is 6.20 Å². The van der Waals surface area contributed by atoms with Crippen molar-refractivity contribution in [1.29, 1.82) is 5.26 Å². The van der Waals surface area contributed by atoms with E-state index < -0.39 is 0 Å². The Kier molecular flexibility index (Phi) is 2.83. The number of pyridine rings is 1. The van der Waals surface area contributed by atoms with E-state index in [9.17, 15) is 4.79 Å². The second-order valence-electron chi connectivity index (χ2n) is 3.41. The Labute approximate surface area is 97.3 Å². The van der Waals surface area contributed by atoms with Gasteiger partial charge in [-0.15, -0.1) is 0 Å². The van der Waals surface area contributed by atoms with Gasteiger partial charge in [0.2, 0.25) is 0 Å². The van der Waals surface area contributed by atoms with Crippen LogP contribution in [0, 0.1) is 18.3 Å². The number of anilines is 1. The van der Waals surface area contributed by atoms with Crippen molar-refractivity contribution in [3.8, 4) is 6.07 Å².